The van der Waals surface area contributed by atoms with Crippen LogP contribution in [0.3, 0.4) is 0 Å². The van der Waals surface area contributed by atoms with Gasteiger partial charge in [-0.3, -0.25) is 25.8 Å². The lowest BCUT2D eigenvalue weighted by molar-refractivity contribution is -0.384. The molecule has 2 N–H and O–H groups in total. The maximum absolute atomic E-state index is 12.6. The van der Waals surface area contributed by atoms with Gasteiger partial charge < -0.3 is 0 Å². The van der Waals surface area contributed by atoms with E-state index < -0.39 is 22.6 Å². The van der Waals surface area contributed by atoms with Gasteiger partial charge in [0.15, 0.2) is 0 Å². The van der Waals surface area contributed by atoms with Crippen LogP contribution in [0.4, 0.5) is 24.5 Å². The first-order chi connectivity index (χ1) is 11.6. The highest BCUT2D eigenvalue weighted by Gasteiger charge is 2.32. The summed E-state index contributed by atoms with van der Waals surface area (Å²) in [4.78, 5) is 21.9. The number of benzene rings is 2. The highest BCUT2D eigenvalue weighted by molar-refractivity contribution is 6.39. The summed E-state index contributed by atoms with van der Waals surface area (Å²) in [5.74, 6) is -0.693. The van der Waals surface area contributed by atoms with Crippen molar-refractivity contribution in [3.63, 3.8) is 0 Å². The molecule has 0 saturated carbocycles. The Hall–Kier alpha value is -2.52. The maximum atomic E-state index is 12.6. The Morgan fingerprint density at radius 2 is 1.60 bits per heavy atom. The van der Waals surface area contributed by atoms with Gasteiger partial charge in [0.05, 0.1) is 26.2 Å². The van der Waals surface area contributed by atoms with Gasteiger partial charge >= 0.3 is 6.18 Å². The third kappa shape index (κ3) is 4.52. The number of alkyl halides is 3. The molecule has 132 valence electrons. The number of anilines is 1. The number of carbonyl (C=O) groups is 1. The van der Waals surface area contributed by atoms with Crippen molar-refractivity contribution in [3.8, 4) is 0 Å². The summed E-state index contributed by atoms with van der Waals surface area (Å²) in [6.07, 6.45) is -4.62. The van der Waals surface area contributed by atoms with Gasteiger partial charge in [0, 0.05) is 17.7 Å². The van der Waals surface area contributed by atoms with Crippen molar-refractivity contribution in [2.24, 2.45) is 0 Å². The molecule has 11 heteroatoms. The second-order valence-electron chi connectivity index (χ2n) is 4.70. The highest BCUT2D eigenvalue weighted by Crippen LogP contribution is 2.38. The molecule has 0 bridgehead atoms. The topological polar surface area (TPSA) is 84.3 Å². The van der Waals surface area contributed by atoms with Crippen LogP contribution in [0.5, 0.6) is 0 Å². The molecule has 0 unspecified atom stereocenters. The molecule has 2 aromatic carbocycles. The molecule has 25 heavy (non-hydrogen) atoms. The third-order valence-electron chi connectivity index (χ3n) is 3.01. The summed E-state index contributed by atoms with van der Waals surface area (Å²) in [6.45, 7) is 0. The number of nitrogens with zero attached hydrogens (tertiary/aromatic N) is 1. The van der Waals surface area contributed by atoms with Gasteiger partial charge in [0.25, 0.3) is 11.6 Å². The number of amides is 1. The number of nitrogens with one attached hydrogen (secondary N) is 2. The van der Waals surface area contributed by atoms with E-state index in [2.05, 4.69) is 10.9 Å². The number of rotatable bonds is 4. The van der Waals surface area contributed by atoms with Gasteiger partial charge in [0.2, 0.25) is 0 Å². The summed E-state index contributed by atoms with van der Waals surface area (Å²) in [5.41, 5.74) is 3.26. The van der Waals surface area contributed by atoms with Crippen molar-refractivity contribution >= 4 is 40.5 Å². The van der Waals surface area contributed by atoms with Crippen molar-refractivity contribution in [3.05, 3.63) is 67.7 Å². The maximum Gasteiger partial charge on any atom is 0.416 e. The number of non-ortho nitro benzene ring substituents is 1. The number of carbonyl (C=O) groups excluding carboxylic acids is 1. The minimum Gasteiger partial charge on any atom is -0.295 e. The standard InChI is InChI=1S/C14H8Cl2F3N3O3/c15-10-5-8(14(17,18)19)6-11(16)12(10)20-21-13(23)7-1-3-9(4-2-7)22(24)25/h1-6,20H,(H,21,23). The molecular formula is C14H8Cl2F3N3O3. The average Bonchev–Trinajstić information content (AvgIpc) is 2.52. The van der Waals surface area contributed by atoms with Crippen LogP contribution in [0.1, 0.15) is 15.9 Å². The molecule has 0 spiro atoms. The fraction of sp³-hybridized carbons (Fsp3) is 0.0714. The van der Waals surface area contributed by atoms with Gasteiger partial charge in [-0.1, -0.05) is 23.2 Å². The second kappa shape index (κ2) is 7.16. The summed E-state index contributed by atoms with van der Waals surface area (Å²) < 4.78 is 37.9. The van der Waals surface area contributed by atoms with Gasteiger partial charge in [-0.05, 0) is 24.3 Å². The largest absolute Gasteiger partial charge is 0.416 e. The number of nitro benzene ring substituents is 1. The van der Waals surface area contributed by atoms with Crippen LogP contribution in [-0.2, 0) is 6.18 Å². The number of hydrazine groups is 1. The van der Waals surface area contributed by atoms with Gasteiger partial charge in [-0.25, -0.2) is 0 Å². The molecule has 2 rings (SSSR count). The third-order valence-corrected chi connectivity index (χ3v) is 3.61. The van der Waals surface area contributed by atoms with Crippen LogP contribution < -0.4 is 10.9 Å². The van der Waals surface area contributed by atoms with E-state index in [-0.39, 0.29) is 27.0 Å². The second-order valence-corrected chi connectivity index (χ2v) is 5.51. The van der Waals surface area contributed by atoms with Gasteiger partial charge in [0.1, 0.15) is 0 Å². The lowest BCUT2D eigenvalue weighted by atomic mass is 10.2. The van der Waals surface area contributed by atoms with Crippen LogP contribution in [0.15, 0.2) is 36.4 Å². The molecule has 0 heterocycles. The predicted molar refractivity (Wildman–Crippen MR) is 85.6 cm³/mol. The Labute approximate surface area is 148 Å². The van der Waals surface area contributed by atoms with E-state index in [0.29, 0.717) is 12.1 Å². The number of hydrogen-bond acceptors (Lipinski definition) is 4. The van der Waals surface area contributed by atoms with Crippen LogP contribution in [0, 0.1) is 10.1 Å². The minimum absolute atomic E-state index is 0.0808. The van der Waals surface area contributed by atoms with E-state index in [9.17, 15) is 28.1 Å². The molecule has 6 nitrogen and oxygen atoms in total. The Morgan fingerprint density at radius 3 is 2.04 bits per heavy atom. The summed E-state index contributed by atoms with van der Waals surface area (Å²) in [6, 6.07) is 6.01. The zero-order chi connectivity index (χ0) is 18.8. The van der Waals surface area contributed by atoms with Crippen molar-refractivity contribution in [1.29, 1.82) is 0 Å². The molecule has 0 aliphatic heterocycles. The SMILES string of the molecule is O=C(NNc1c(Cl)cc(C(F)(F)F)cc1Cl)c1ccc([N+](=O)[O-])cc1. The number of nitro groups is 1. The van der Waals surface area contributed by atoms with E-state index in [1.165, 1.54) is 12.1 Å². The Balaban J connectivity index is 2.13. The Morgan fingerprint density at radius 1 is 1.08 bits per heavy atom. The first kappa shape index (κ1) is 18.8. The van der Waals surface area contributed by atoms with Crippen molar-refractivity contribution < 1.29 is 22.9 Å². The monoisotopic (exact) mass is 393 g/mol. The van der Waals surface area contributed by atoms with Crippen LogP contribution in [-0.4, -0.2) is 10.8 Å². The molecule has 0 aliphatic carbocycles. The lowest BCUT2D eigenvalue weighted by Crippen LogP contribution is -2.29. The molecule has 0 fully saturated rings. The normalized spacial score (nSPS) is 11.1. The fourth-order valence-electron chi connectivity index (χ4n) is 1.78. The smallest absolute Gasteiger partial charge is 0.295 e. The van der Waals surface area contributed by atoms with E-state index >= 15 is 0 Å². The summed E-state index contributed by atoms with van der Waals surface area (Å²) in [7, 11) is 0. The molecule has 0 saturated heterocycles. The molecule has 0 aliphatic rings. The average molecular weight is 394 g/mol. The van der Waals surface area contributed by atoms with E-state index in [4.69, 9.17) is 23.2 Å². The minimum atomic E-state index is -4.62. The molecule has 0 aromatic heterocycles. The van der Waals surface area contributed by atoms with Crippen molar-refractivity contribution in [1.82, 2.24) is 5.43 Å². The predicted octanol–water partition coefficient (Wildman–Crippen LogP) is 4.68. The molecule has 1 amide bonds. The first-order valence-electron chi connectivity index (χ1n) is 6.46. The van der Waals surface area contributed by atoms with E-state index in [1.54, 1.807) is 0 Å². The first-order valence-corrected chi connectivity index (χ1v) is 7.22. The Bertz CT molecular complexity index is 803. The van der Waals surface area contributed by atoms with Crippen LogP contribution in [0.2, 0.25) is 10.0 Å². The van der Waals surface area contributed by atoms with Crippen molar-refractivity contribution in [2.75, 3.05) is 5.43 Å². The number of halogens is 5. The lowest BCUT2D eigenvalue weighted by Gasteiger charge is -2.14. The zero-order valence-corrected chi connectivity index (χ0v) is 13.5. The summed E-state index contributed by atoms with van der Waals surface area (Å²) in [5, 5.41) is 9.86. The zero-order valence-electron chi connectivity index (χ0n) is 12.0. The van der Waals surface area contributed by atoms with Crippen LogP contribution >= 0.6 is 23.2 Å². The summed E-state index contributed by atoms with van der Waals surface area (Å²) >= 11 is 11.5. The highest BCUT2D eigenvalue weighted by atomic mass is 35.5. The van der Waals surface area contributed by atoms with Gasteiger partial charge in [-0.15, -0.1) is 0 Å². The molecule has 2 aromatic rings. The number of hydrogen-bond donors (Lipinski definition) is 2. The Kier molecular flexibility index (Phi) is 5.39. The fourth-order valence-corrected chi connectivity index (χ4v) is 2.36. The molecular weight excluding hydrogens is 386 g/mol. The van der Waals surface area contributed by atoms with Crippen molar-refractivity contribution in [2.45, 2.75) is 6.18 Å². The van der Waals surface area contributed by atoms with Crippen LogP contribution in [0.25, 0.3) is 0 Å². The molecule has 0 radical (unpaired) electrons. The quantitative estimate of drug-likeness (QED) is 0.583. The van der Waals surface area contributed by atoms with E-state index in [0.717, 1.165) is 12.1 Å². The van der Waals surface area contributed by atoms with E-state index in [1.807, 2.05) is 0 Å². The van der Waals surface area contributed by atoms with Gasteiger partial charge in [-0.2, -0.15) is 13.2 Å². The molecule has 0 atom stereocenters.